The van der Waals surface area contributed by atoms with E-state index in [1.165, 1.54) is 0 Å². The van der Waals surface area contributed by atoms with E-state index in [0.717, 1.165) is 22.7 Å². The van der Waals surface area contributed by atoms with Gasteiger partial charge in [-0.25, -0.2) is 4.68 Å². The van der Waals surface area contributed by atoms with E-state index < -0.39 is 0 Å². The van der Waals surface area contributed by atoms with Gasteiger partial charge in [-0.1, -0.05) is 24.3 Å². The Morgan fingerprint density at radius 1 is 1.00 bits per heavy atom. The van der Waals surface area contributed by atoms with Gasteiger partial charge in [-0.15, -0.1) is 0 Å². The minimum Gasteiger partial charge on any atom is -0.497 e. The van der Waals surface area contributed by atoms with Crippen LogP contribution in [0.3, 0.4) is 0 Å². The maximum Gasteiger partial charge on any atom is 0.159 e. The average molecular weight is 292 g/mol. The lowest BCUT2D eigenvalue weighted by Gasteiger charge is -2.03. The van der Waals surface area contributed by atoms with Crippen molar-refractivity contribution in [3.05, 3.63) is 66.4 Å². The van der Waals surface area contributed by atoms with Crippen molar-refractivity contribution in [2.45, 2.75) is 6.92 Å². The molecule has 4 nitrogen and oxygen atoms in total. The van der Waals surface area contributed by atoms with Crippen LogP contribution in [-0.4, -0.2) is 22.7 Å². The largest absolute Gasteiger partial charge is 0.497 e. The molecule has 4 heteroatoms. The van der Waals surface area contributed by atoms with Gasteiger partial charge in [-0.05, 0) is 37.3 Å². The fourth-order valence-electron chi connectivity index (χ4n) is 2.23. The normalized spacial score (nSPS) is 10.5. The van der Waals surface area contributed by atoms with E-state index in [1.54, 1.807) is 14.0 Å². The lowest BCUT2D eigenvalue weighted by Crippen LogP contribution is -1.95. The number of Topliss-reactive ketones (excluding diaryl/α,β-unsaturated/α-hetero) is 1. The van der Waals surface area contributed by atoms with Crippen molar-refractivity contribution in [2.75, 3.05) is 7.11 Å². The van der Waals surface area contributed by atoms with Crippen molar-refractivity contribution in [3.8, 4) is 22.7 Å². The third kappa shape index (κ3) is 2.76. The second-order valence-electron chi connectivity index (χ2n) is 4.98. The molecule has 110 valence electrons. The molecule has 3 aromatic rings. The molecule has 0 aliphatic rings. The zero-order valence-corrected chi connectivity index (χ0v) is 12.5. The number of nitrogens with zero attached hydrogens (tertiary/aromatic N) is 2. The van der Waals surface area contributed by atoms with Crippen LogP contribution in [0.5, 0.6) is 5.75 Å². The molecule has 3 rings (SSSR count). The number of rotatable bonds is 4. The monoisotopic (exact) mass is 292 g/mol. The van der Waals surface area contributed by atoms with Crippen LogP contribution in [0.4, 0.5) is 0 Å². The number of methoxy groups -OCH3 is 1. The van der Waals surface area contributed by atoms with Gasteiger partial charge in [0.25, 0.3) is 0 Å². The summed E-state index contributed by atoms with van der Waals surface area (Å²) in [6.45, 7) is 1.56. The van der Waals surface area contributed by atoms with Crippen LogP contribution in [0.15, 0.2) is 60.8 Å². The molecule has 2 aromatic carbocycles. The first-order chi connectivity index (χ1) is 10.7. The Balaban J connectivity index is 1.87. The topological polar surface area (TPSA) is 44.1 Å². The Hall–Kier alpha value is -2.88. The Morgan fingerprint density at radius 3 is 2.27 bits per heavy atom. The molecule has 1 aromatic heterocycles. The molecule has 0 amide bonds. The van der Waals surface area contributed by atoms with E-state index in [9.17, 15) is 4.79 Å². The molecule has 0 spiro atoms. The first-order valence-corrected chi connectivity index (χ1v) is 6.99. The number of hydrogen-bond donors (Lipinski definition) is 0. The number of aromatic nitrogens is 2. The zero-order chi connectivity index (χ0) is 15.5. The molecular weight excluding hydrogens is 276 g/mol. The van der Waals surface area contributed by atoms with Crippen LogP contribution in [0.1, 0.15) is 17.3 Å². The van der Waals surface area contributed by atoms with Crippen molar-refractivity contribution in [3.63, 3.8) is 0 Å². The number of ketones is 1. The molecule has 1 heterocycles. The lowest BCUT2D eigenvalue weighted by molar-refractivity contribution is 0.101. The van der Waals surface area contributed by atoms with Crippen LogP contribution < -0.4 is 4.74 Å². The minimum atomic E-state index is 0.0651. The highest BCUT2D eigenvalue weighted by Gasteiger charge is 2.05. The molecule has 0 aliphatic heterocycles. The average Bonchev–Trinajstić information content (AvgIpc) is 3.05. The maximum atomic E-state index is 11.3. The van der Waals surface area contributed by atoms with Crippen LogP contribution in [0.2, 0.25) is 0 Å². The maximum absolute atomic E-state index is 11.3. The van der Waals surface area contributed by atoms with Gasteiger partial charge in [0, 0.05) is 17.3 Å². The molecule has 0 fully saturated rings. The highest BCUT2D eigenvalue weighted by Crippen LogP contribution is 2.20. The van der Waals surface area contributed by atoms with E-state index in [0.29, 0.717) is 5.56 Å². The predicted molar refractivity (Wildman–Crippen MR) is 85.6 cm³/mol. The summed E-state index contributed by atoms with van der Waals surface area (Å²) in [6, 6.07) is 17.1. The predicted octanol–water partition coefficient (Wildman–Crippen LogP) is 3.75. The van der Waals surface area contributed by atoms with Gasteiger partial charge in [0.15, 0.2) is 5.78 Å². The highest BCUT2D eigenvalue weighted by atomic mass is 16.5. The van der Waals surface area contributed by atoms with Gasteiger partial charge in [-0.3, -0.25) is 4.79 Å². The summed E-state index contributed by atoms with van der Waals surface area (Å²) in [4.78, 5) is 11.3. The summed E-state index contributed by atoms with van der Waals surface area (Å²) < 4.78 is 6.97. The molecular formula is C18H16N2O2. The number of benzene rings is 2. The second-order valence-corrected chi connectivity index (χ2v) is 4.98. The highest BCUT2D eigenvalue weighted by molar-refractivity contribution is 5.94. The number of carbonyl (C=O) groups excluding carboxylic acids is 1. The van der Waals surface area contributed by atoms with Crippen LogP contribution in [0, 0.1) is 0 Å². The van der Waals surface area contributed by atoms with E-state index >= 15 is 0 Å². The number of hydrogen-bond acceptors (Lipinski definition) is 3. The first-order valence-electron chi connectivity index (χ1n) is 6.99. The summed E-state index contributed by atoms with van der Waals surface area (Å²) in [5.74, 6) is 0.881. The molecule has 22 heavy (non-hydrogen) atoms. The molecule has 0 radical (unpaired) electrons. The lowest BCUT2D eigenvalue weighted by atomic mass is 10.1. The summed E-state index contributed by atoms with van der Waals surface area (Å²) in [6.07, 6.45) is 1.91. The Bertz CT molecular complexity index is 787. The smallest absolute Gasteiger partial charge is 0.159 e. The Labute approximate surface area is 129 Å². The number of ether oxygens (including phenoxy) is 1. The summed E-state index contributed by atoms with van der Waals surface area (Å²) in [5.41, 5.74) is 3.52. The van der Waals surface area contributed by atoms with Gasteiger partial charge in [0.2, 0.25) is 0 Å². The van der Waals surface area contributed by atoms with Crippen molar-refractivity contribution in [1.29, 1.82) is 0 Å². The molecule has 0 bridgehead atoms. The Morgan fingerprint density at radius 2 is 1.68 bits per heavy atom. The van der Waals surface area contributed by atoms with E-state index in [1.807, 2.05) is 65.5 Å². The molecule has 0 aliphatic carbocycles. The fraction of sp³-hybridized carbons (Fsp3) is 0.111. The van der Waals surface area contributed by atoms with Crippen molar-refractivity contribution < 1.29 is 9.53 Å². The fourth-order valence-corrected chi connectivity index (χ4v) is 2.23. The van der Waals surface area contributed by atoms with Crippen LogP contribution in [-0.2, 0) is 0 Å². The SMILES string of the molecule is COc1ccc(-n2ccc(-c3ccc(C(C)=O)cc3)n2)cc1. The third-order valence-corrected chi connectivity index (χ3v) is 3.51. The molecule has 0 saturated heterocycles. The standard InChI is InChI=1S/C18H16N2O2/c1-13(21)14-3-5-15(6-4-14)18-11-12-20(19-18)16-7-9-17(22-2)10-8-16/h3-12H,1-2H3. The van der Waals surface area contributed by atoms with E-state index in [4.69, 9.17) is 4.74 Å². The van der Waals surface area contributed by atoms with Crippen molar-refractivity contribution in [1.82, 2.24) is 9.78 Å². The van der Waals surface area contributed by atoms with Gasteiger partial charge in [0.1, 0.15) is 5.75 Å². The van der Waals surface area contributed by atoms with E-state index in [-0.39, 0.29) is 5.78 Å². The minimum absolute atomic E-state index is 0.0651. The first kappa shape index (κ1) is 14.1. The quantitative estimate of drug-likeness (QED) is 0.688. The van der Waals surface area contributed by atoms with Crippen LogP contribution in [0.25, 0.3) is 16.9 Å². The Kier molecular flexibility index (Phi) is 3.74. The third-order valence-electron chi connectivity index (χ3n) is 3.51. The number of carbonyl (C=O) groups is 1. The molecule has 0 N–H and O–H groups in total. The van der Waals surface area contributed by atoms with Gasteiger partial charge in [0.05, 0.1) is 18.5 Å². The summed E-state index contributed by atoms with van der Waals surface area (Å²) in [5, 5.41) is 4.57. The van der Waals surface area contributed by atoms with Crippen LogP contribution >= 0.6 is 0 Å². The van der Waals surface area contributed by atoms with E-state index in [2.05, 4.69) is 5.10 Å². The molecule has 0 saturated carbocycles. The van der Waals surface area contributed by atoms with Gasteiger partial charge >= 0.3 is 0 Å². The summed E-state index contributed by atoms with van der Waals surface area (Å²) >= 11 is 0. The summed E-state index contributed by atoms with van der Waals surface area (Å²) in [7, 11) is 1.64. The van der Waals surface area contributed by atoms with Crippen molar-refractivity contribution in [2.24, 2.45) is 0 Å². The molecule has 0 unspecified atom stereocenters. The second kappa shape index (κ2) is 5.85. The molecule has 0 atom stereocenters. The van der Waals surface area contributed by atoms with Gasteiger partial charge in [-0.2, -0.15) is 5.10 Å². The van der Waals surface area contributed by atoms with Gasteiger partial charge < -0.3 is 4.74 Å². The van der Waals surface area contributed by atoms with Crippen molar-refractivity contribution >= 4 is 5.78 Å². The zero-order valence-electron chi connectivity index (χ0n) is 12.5.